The van der Waals surface area contributed by atoms with Crippen molar-refractivity contribution in [1.29, 1.82) is 0 Å². The maximum Gasteiger partial charge on any atom is 0.228 e. The van der Waals surface area contributed by atoms with Gasteiger partial charge in [-0.3, -0.25) is 0 Å². The Morgan fingerprint density at radius 2 is 0.389 bits per heavy atom. The lowest BCUT2D eigenvalue weighted by atomic mass is 9.84. The lowest BCUT2D eigenvalue weighted by molar-refractivity contribution is 0.601. The minimum Gasteiger partial charge on any atom is -0.436 e. The number of benzene rings is 11. The van der Waals surface area contributed by atoms with E-state index in [2.05, 4.69) is 0 Å². The van der Waals surface area contributed by atoms with Crippen LogP contribution in [0, 0.1) is 0 Å². The van der Waals surface area contributed by atoms with Gasteiger partial charge in [0.2, 0.25) is 53.0 Å². The molecular formula is C77H39N9O9. The fourth-order valence-electron chi connectivity index (χ4n) is 12.7. The molecule has 0 amide bonds. The molecule has 18 heteroatoms. The molecule has 9 aromatic heterocycles. The van der Waals surface area contributed by atoms with Crippen LogP contribution in [0.25, 0.3) is 215 Å². The molecule has 0 spiro atoms. The van der Waals surface area contributed by atoms with E-state index in [1.807, 2.05) is 237 Å². The molecule has 0 radical (unpaired) electrons. The van der Waals surface area contributed by atoms with Gasteiger partial charge in [0.05, 0.1) is 50.1 Å². The molecule has 0 atom stereocenters. The Bertz CT molecular complexity index is 6070. The van der Waals surface area contributed by atoms with Gasteiger partial charge in [0.25, 0.3) is 0 Å². The van der Waals surface area contributed by atoms with Crippen LogP contribution in [0.1, 0.15) is 11.1 Å². The summed E-state index contributed by atoms with van der Waals surface area (Å²) in [6.45, 7) is 0. The quantitative estimate of drug-likeness (QED) is 0.109. The Kier molecular flexibility index (Phi) is 11.2. The van der Waals surface area contributed by atoms with E-state index in [4.69, 9.17) is 84.6 Å². The molecule has 0 N–H and O–H groups in total. The Balaban J connectivity index is 0.998. The van der Waals surface area contributed by atoms with Crippen molar-refractivity contribution in [1.82, 2.24) is 44.9 Å². The van der Waals surface area contributed by atoms with Gasteiger partial charge < -0.3 is 39.8 Å². The molecule has 0 aliphatic carbocycles. The van der Waals surface area contributed by atoms with Gasteiger partial charge in [-0.25, -0.2) is 44.9 Å². The Hall–Kier alpha value is -13.6. The topological polar surface area (TPSA) is 234 Å². The third-order valence-corrected chi connectivity index (χ3v) is 16.9. The van der Waals surface area contributed by atoms with E-state index in [-0.39, 0.29) is 53.0 Å². The average molecular weight is 1230 g/mol. The third kappa shape index (κ3) is 8.41. The predicted molar refractivity (Wildman–Crippen MR) is 359 cm³/mol. The van der Waals surface area contributed by atoms with Crippen LogP contribution in [-0.4, -0.2) is 44.9 Å². The van der Waals surface area contributed by atoms with Crippen LogP contribution in [0.15, 0.2) is 264 Å². The van der Waals surface area contributed by atoms with Crippen LogP contribution in [0.5, 0.6) is 0 Å². The number of fused-ring (bicyclic) bond motifs is 9. The highest BCUT2D eigenvalue weighted by atomic mass is 16.4. The maximum absolute atomic E-state index is 7.06. The van der Waals surface area contributed by atoms with Gasteiger partial charge in [0.15, 0.2) is 50.2 Å². The highest BCUT2D eigenvalue weighted by molar-refractivity contribution is 6.11. The number of oxazole rings is 9. The van der Waals surface area contributed by atoms with Gasteiger partial charge in [-0.05, 0) is 121 Å². The Labute approximate surface area is 532 Å². The van der Waals surface area contributed by atoms with Crippen molar-refractivity contribution in [3.63, 3.8) is 0 Å². The van der Waals surface area contributed by atoms with Crippen molar-refractivity contribution in [2.75, 3.05) is 0 Å². The molecule has 95 heavy (non-hydrogen) atoms. The molecule has 0 bridgehead atoms. The summed E-state index contributed by atoms with van der Waals surface area (Å²) in [4.78, 5) is 47.5. The SMILES string of the molecule is C(=C\c1c(-c2nc3ccccc3o2)c(-c2nc3ccccc3o2)c(-c2nc3ccccc3o2)c(-c2nc3ccccc3o2)c1-c1nc2ccccc2o1)/c1cc(-c2nc3ccccc3o2)c(-c2nc3ccccc3o2)c(-c2nc3ccccc3o2)c1-c1nc2ccccc2o1. The summed E-state index contributed by atoms with van der Waals surface area (Å²) in [6, 6.07) is 69.9. The smallest absolute Gasteiger partial charge is 0.228 e. The first-order valence-electron chi connectivity index (χ1n) is 30.4. The Morgan fingerprint density at radius 3 is 0.663 bits per heavy atom. The molecule has 11 aromatic carbocycles. The number of rotatable bonds is 11. The highest BCUT2D eigenvalue weighted by Crippen LogP contribution is 2.55. The standard InChI is InChI=1S/C77H39N9O9/c1-10-28-52-43(19-1)78-69(87-52)42-39-40(61(70-79-44-20-2-11-29-53(44)88-70)65(74-83-48-24-6-15-33-57(48)92-74)64(42)73-82-47-23-5-14-32-56(47)91-73)37-38-41-62(71-80-45-21-3-12-30-54(45)89-71)66(75-84-49-25-7-16-34-58(49)93-75)68(77-86-51-27-9-18-36-60(51)95-77)67(76-85-50-26-8-17-35-59(50)94-76)63(41)72-81-46-22-4-13-31-55(46)90-72/h1-39H/b38-37+. The molecule has 9 heterocycles. The largest absolute Gasteiger partial charge is 0.436 e. The summed E-state index contributed by atoms with van der Waals surface area (Å²) in [5.41, 5.74) is 14.2. The van der Waals surface area contributed by atoms with Crippen molar-refractivity contribution < 1.29 is 39.8 Å². The van der Waals surface area contributed by atoms with E-state index >= 15 is 0 Å². The van der Waals surface area contributed by atoms with Crippen LogP contribution < -0.4 is 0 Å². The van der Waals surface area contributed by atoms with Gasteiger partial charge in [-0.2, -0.15) is 0 Å². The number of nitrogens with zero attached hydrogens (tertiary/aromatic N) is 9. The van der Waals surface area contributed by atoms with E-state index in [0.717, 1.165) is 0 Å². The summed E-state index contributed by atoms with van der Waals surface area (Å²) in [6.07, 6.45) is 3.88. The zero-order chi connectivity index (χ0) is 62.2. The molecule has 0 aliphatic heterocycles. The lowest BCUT2D eigenvalue weighted by Crippen LogP contribution is -2.03. The maximum atomic E-state index is 7.06. The zero-order valence-electron chi connectivity index (χ0n) is 49.2. The van der Waals surface area contributed by atoms with Crippen molar-refractivity contribution in [3.05, 3.63) is 236 Å². The highest BCUT2D eigenvalue weighted by Gasteiger charge is 2.39. The van der Waals surface area contributed by atoms with Gasteiger partial charge >= 0.3 is 0 Å². The van der Waals surface area contributed by atoms with E-state index < -0.39 is 0 Å². The van der Waals surface area contributed by atoms with E-state index in [0.29, 0.717) is 161 Å². The summed E-state index contributed by atoms with van der Waals surface area (Å²) in [5.74, 6) is 1.62. The Morgan fingerprint density at radius 1 is 0.189 bits per heavy atom. The second-order valence-electron chi connectivity index (χ2n) is 22.6. The second kappa shape index (κ2) is 20.5. The third-order valence-electron chi connectivity index (χ3n) is 16.9. The number of aromatic nitrogens is 9. The van der Waals surface area contributed by atoms with Gasteiger partial charge in [-0.15, -0.1) is 0 Å². The summed E-state index contributed by atoms with van der Waals surface area (Å²) >= 11 is 0. The summed E-state index contributed by atoms with van der Waals surface area (Å²) in [5, 5.41) is 0. The van der Waals surface area contributed by atoms with Crippen LogP contribution in [-0.2, 0) is 0 Å². The lowest BCUT2D eigenvalue weighted by Gasteiger charge is -2.20. The van der Waals surface area contributed by atoms with Crippen molar-refractivity contribution >= 4 is 112 Å². The van der Waals surface area contributed by atoms with Crippen LogP contribution in [0.2, 0.25) is 0 Å². The number of para-hydroxylation sites is 18. The van der Waals surface area contributed by atoms with Gasteiger partial charge in [0, 0.05) is 5.56 Å². The first-order chi connectivity index (χ1) is 47.0. The minimum absolute atomic E-state index is 0.156. The zero-order valence-corrected chi connectivity index (χ0v) is 49.2. The monoisotopic (exact) mass is 1230 g/mol. The molecule has 0 unspecified atom stereocenters. The molecule has 0 aliphatic rings. The minimum atomic E-state index is 0.156. The van der Waals surface area contributed by atoms with Crippen LogP contribution >= 0.6 is 0 Å². The van der Waals surface area contributed by atoms with Crippen molar-refractivity contribution in [2.45, 2.75) is 0 Å². The van der Waals surface area contributed by atoms with Crippen molar-refractivity contribution in [3.8, 4) is 103 Å². The van der Waals surface area contributed by atoms with Crippen LogP contribution in [0.3, 0.4) is 0 Å². The first kappa shape index (κ1) is 52.2. The van der Waals surface area contributed by atoms with Crippen LogP contribution in [0.4, 0.5) is 0 Å². The molecule has 0 saturated heterocycles. The molecule has 0 saturated carbocycles. The summed E-state index contributed by atoms with van der Waals surface area (Å²) in [7, 11) is 0. The molecule has 20 aromatic rings. The fourth-order valence-corrected chi connectivity index (χ4v) is 12.7. The molecular weight excluding hydrogens is 1190 g/mol. The average Bonchev–Trinajstić information content (AvgIpc) is 1.68. The van der Waals surface area contributed by atoms with Gasteiger partial charge in [-0.1, -0.05) is 121 Å². The predicted octanol–water partition coefficient (Wildman–Crippen LogP) is 20.1. The number of hydrogen-bond donors (Lipinski definition) is 0. The van der Waals surface area contributed by atoms with Crippen molar-refractivity contribution in [2.24, 2.45) is 0 Å². The number of hydrogen-bond acceptors (Lipinski definition) is 18. The molecule has 20 rings (SSSR count). The van der Waals surface area contributed by atoms with E-state index in [9.17, 15) is 0 Å². The molecule has 446 valence electrons. The fraction of sp³-hybridized carbons (Fsp3) is 0. The van der Waals surface area contributed by atoms with E-state index in [1.165, 1.54) is 0 Å². The summed E-state index contributed by atoms with van der Waals surface area (Å²) < 4.78 is 62.7. The van der Waals surface area contributed by atoms with Gasteiger partial charge in [0.1, 0.15) is 49.7 Å². The normalized spacial score (nSPS) is 12.2. The second-order valence-corrected chi connectivity index (χ2v) is 22.6. The van der Waals surface area contributed by atoms with E-state index in [1.54, 1.807) is 0 Å². The molecule has 18 nitrogen and oxygen atoms in total. The molecule has 0 fully saturated rings. The first-order valence-corrected chi connectivity index (χ1v) is 30.4.